The van der Waals surface area contributed by atoms with Crippen LogP contribution in [-0.2, 0) is 12.7 Å². The second kappa shape index (κ2) is 6.86. The molecule has 0 spiro atoms. The maximum Gasteiger partial charge on any atom is 0.416 e. The van der Waals surface area contributed by atoms with Gasteiger partial charge in [0.1, 0.15) is 0 Å². The molecule has 0 bridgehead atoms. The van der Waals surface area contributed by atoms with Gasteiger partial charge in [-0.25, -0.2) is 4.98 Å². The smallest absolute Gasteiger partial charge is 0.350 e. The molecule has 1 aromatic carbocycles. The summed E-state index contributed by atoms with van der Waals surface area (Å²) < 4.78 is 38.8. The van der Waals surface area contributed by atoms with Gasteiger partial charge < -0.3 is 5.32 Å². The number of carbonyl (C=O) groups excluding carboxylic acids is 1. The van der Waals surface area contributed by atoms with Crippen molar-refractivity contribution in [3.63, 3.8) is 0 Å². The summed E-state index contributed by atoms with van der Waals surface area (Å²) in [5.41, 5.74) is 0.295. The molecule has 1 N–H and O–H groups in total. The van der Waals surface area contributed by atoms with E-state index in [0.29, 0.717) is 11.3 Å². The quantitative estimate of drug-likeness (QED) is 0.930. The van der Waals surface area contributed by atoms with Crippen molar-refractivity contribution in [1.29, 1.82) is 0 Å². The molecule has 1 heterocycles. The molecular formula is C16H16F3N3O2. The third kappa shape index (κ3) is 4.01. The minimum Gasteiger partial charge on any atom is -0.350 e. The SMILES string of the molecule is Cc1ncn(CCNC(=O)c2ccc(C(F)(F)F)cc2)c(=O)c1C. The Bertz CT molecular complexity index is 796. The summed E-state index contributed by atoms with van der Waals surface area (Å²) in [6.07, 6.45) is -3.04. The number of nitrogens with zero attached hydrogens (tertiary/aromatic N) is 2. The lowest BCUT2D eigenvalue weighted by Crippen LogP contribution is -2.32. The fourth-order valence-electron chi connectivity index (χ4n) is 2.04. The minimum atomic E-state index is -4.44. The summed E-state index contributed by atoms with van der Waals surface area (Å²) in [5, 5.41) is 2.56. The number of benzene rings is 1. The van der Waals surface area contributed by atoms with Crippen LogP contribution in [0, 0.1) is 13.8 Å². The van der Waals surface area contributed by atoms with E-state index in [1.54, 1.807) is 13.8 Å². The molecule has 5 nitrogen and oxygen atoms in total. The molecule has 128 valence electrons. The number of hydrogen-bond donors (Lipinski definition) is 1. The van der Waals surface area contributed by atoms with Crippen molar-refractivity contribution in [2.45, 2.75) is 26.6 Å². The van der Waals surface area contributed by atoms with Crippen molar-refractivity contribution in [2.75, 3.05) is 6.54 Å². The number of halogens is 3. The molecule has 0 atom stereocenters. The van der Waals surface area contributed by atoms with E-state index in [1.165, 1.54) is 10.9 Å². The third-order valence-electron chi connectivity index (χ3n) is 3.63. The van der Waals surface area contributed by atoms with Gasteiger partial charge in [0.15, 0.2) is 0 Å². The van der Waals surface area contributed by atoms with Gasteiger partial charge in [-0.05, 0) is 38.1 Å². The second-order valence-electron chi connectivity index (χ2n) is 5.28. The molecule has 1 amide bonds. The number of amides is 1. The van der Waals surface area contributed by atoms with Crippen LogP contribution in [0.25, 0.3) is 0 Å². The Morgan fingerprint density at radius 1 is 1.21 bits per heavy atom. The molecule has 0 aliphatic rings. The maximum atomic E-state index is 12.5. The number of aromatic nitrogens is 2. The predicted molar refractivity (Wildman–Crippen MR) is 81.7 cm³/mol. The monoisotopic (exact) mass is 339 g/mol. The lowest BCUT2D eigenvalue weighted by Gasteiger charge is -2.10. The van der Waals surface area contributed by atoms with E-state index >= 15 is 0 Å². The highest BCUT2D eigenvalue weighted by Crippen LogP contribution is 2.28. The van der Waals surface area contributed by atoms with E-state index in [9.17, 15) is 22.8 Å². The average Bonchev–Trinajstić information content (AvgIpc) is 2.54. The predicted octanol–water partition coefficient (Wildman–Crippen LogP) is 2.31. The van der Waals surface area contributed by atoms with Crippen molar-refractivity contribution < 1.29 is 18.0 Å². The number of aryl methyl sites for hydroxylation is 1. The summed E-state index contributed by atoms with van der Waals surface area (Å²) in [7, 11) is 0. The fraction of sp³-hybridized carbons (Fsp3) is 0.312. The highest BCUT2D eigenvalue weighted by Gasteiger charge is 2.30. The second-order valence-corrected chi connectivity index (χ2v) is 5.28. The zero-order chi connectivity index (χ0) is 17.9. The molecule has 0 radical (unpaired) electrons. The van der Waals surface area contributed by atoms with Crippen molar-refractivity contribution in [3.05, 3.63) is 63.3 Å². The van der Waals surface area contributed by atoms with Crippen molar-refractivity contribution in [2.24, 2.45) is 0 Å². The normalized spacial score (nSPS) is 11.4. The Kier molecular flexibility index (Phi) is 5.06. The van der Waals surface area contributed by atoms with E-state index in [2.05, 4.69) is 10.3 Å². The Hall–Kier alpha value is -2.64. The Morgan fingerprint density at radius 2 is 1.83 bits per heavy atom. The van der Waals surface area contributed by atoms with Crippen LogP contribution < -0.4 is 10.9 Å². The molecule has 2 rings (SSSR count). The lowest BCUT2D eigenvalue weighted by atomic mass is 10.1. The van der Waals surface area contributed by atoms with Crippen LogP contribution >= 0.6 is 0 Å². The van der Waals surface area contributed by atoms with Gasteiger partial charge >= 0.3 is 6.18 Å². The number of alkyl halides is 3. The summed E-state index contributed by atoms with van der Waals surface area (Å²) in [6, 6.07) is 3.93. The van der Waals surface area contributed by atoms with Gasteiger partial charge in [-0.1, -0.05) is 0 Å². The first kappa shape index (κ1) is 17.7. The molecule has 24 heavy (non-hydrogen) atoms. The number of nitrogens with one attached hydrogen (secondary N) is 1. The maximum absolute atomic E-state index is 12.5. The molecule has 1 aromatic heterocycles. The fourth-order valence-corrected chi connectivity index (χ4v) is 2.04. The summed E-state index contributed by atoms with van der Waals surface area (Å²) in [6.45, 7) is 3.78. The van der Waals surface area contributed by atoms with Crippen LogP contribution in [0.5, 0.6) is 0 Å². The lowest BCUT2D eigenvalue weighted by molar-refractivity contribution is -0.137. The standard InChI is InChI=1S/C16H16F3N3O2/c1-10-11(2)21-9-22(15(10)24)8-7-20-14(23)12-3-5-13(6-4-12)16(17,18)19/h3-6,9H,7-8H2,1-2H3,(H,20,23). The van der Waals surface area contributed by atoms with Crippen molar-refractivity contribution >= 4 is 5.91 Å². The van der Waals surface area contributed by atoms with Gasteiger partial charge in [0.05, 0.1) is 11.9 Å². The van der Waals surface area contributed by atoms with Crippen molar-refractivity contribution in [1.82, 2.24) is 14.9 Å². The number of rotatable bonds is 4. The van der Waals surface area contributed by atoms with Crippen molar-refractivity contribution in [3.8, 4) is 0 Å². The number of hydrogen-bond acceptors (Lipinski definition) is 3. The van der Waals surface area contributed by atoms with Crippen LogP contribution in [-0.4, -0.2) is 22.0 Å². The van der Waals surface area contributed by atoms with Crippen LogP contribution in [0.4, 0.5) is 13.2 Å². The zero-order valence-corrected chi connectivity index (χ0v) is 13.1. The van der Waals surface area contributed by atoms with E-state index in [0.717, 1.165) is 24.3 Å². The van der Waals surface area contributed by atoms with Gasteiger partial charge in [-0.2, -0.15) is 13.2 Å². The van der Waals surface area contributed by atoms with Crippen LogP contribution in [0.15, 0.2) is 35.4 Å². The highest BCUT2D eigenvalue weighted by molar-refractivity contribution is 5.94. The van der Waals surface area contributed by atoms with Gasteiger partial charge in [0.2, 0.25) is 0 Å². The zero-order valence-electron chi connectivity index (χ0n) is 13.1. The molecule has 0 saturated carbocycles. The largest absolute Gasteiger partial charge is 0.416 e. The summed E-state index contributed by atoms with van der Waals surface area (Å²) in [4.78, 5) is 27.9. The highest BCUT2D eigenvalue weighted by atomic mass is 19.4. The average molecular weight is 339 g/mol. The van der Waals surface area contributed by atoms with Gasteiger partial charge in [-0.15, -0.1) is 0 Å². The first-order valence-corrected chi connectivity index (χ1v) is 7.18. The summed E-state index contributed by atoms with van der Waals surface area (Å²) in [5.74, 6) is -0.506. The molecular weight excluding hydrogens is 323 g/mol. The minimum absolute atomic E-state index is 0.119. The van der Waals surface area contributed by atoms with E-state index in [4.69, 9.17) is 0 Å². The number of carbonyl (C=O) groups is 1. The molecule has 8 heteroatoms. The topological polar surface area (TPSA) is 64.0 Å². The first-order chi connectivity index (χ1) is 11.2. The van der Waals surface area contributed by atoms with Gasteiger partial charge in [-0.3, -0.25) is 14.2 Å². The van der Waals surface area contributed by atoms with Gasteiger partial charge in [0.25, 0.3) is 11.5 Å². The van der Waals surface area contributed by atoms with E-state index in [-0.39, 0.29) is 24.2 Å². The Morgan fingerprint density at radius 3 is 2.42 bits per heavy atom. The Labute approximate surface area is 136 Å². The molecule has 0 unspecified atom stereocenters. The molecule has 0 fully saturated rings. The Balaban J connectivity index is 1.97. The van der Waals surface area contributed by atoms with Crippen LogP contribution in [0.1, 0.15) is 27.2 Å². The first-order valence-electron chi connectivity index (χ1n) is 7.18. The molecule has 0 saturated heterocycles. The molecule has 0 aliphatic heterocycles. The third-order valence-corrected chi connectivity index (χ3v) is 3.63. The summed E-state index contributed by atoms with van der Waals surface area (Å²) >= 11 is 0. The molecule has 2 aromatic rings. The van der Waals surface area contributed by atoms with Crippen LogP contribution in [0.3, 0.4) is 0 Å². The van der Waals surface area contributed by atoms with E-state index < -0.39 is 17.6 Å². The van der Waals surface area contributed by atoms with Gasteiger partial charge in [0, 0.05) is 29.9 Å². The van der Waals surface area contributed by atoms with E-state index in [1.807, 2.05) is 0 Å². The molecule has 0 aliphatic carbocycles. The van der Waals surface area contributed by atoms with Crippen LogP contribution in [0.2, 0.25) is 0 Å².